The molecular formula is C20H16N4O4. The van der Waals surface area contributed by atoms with Gasteiger partial charge in [0.1, 0.15) is 29.7 Å². The number of rotatable bonds is 5. The van der Waals surface area contributed by atoms with E-state index in [-0.39, 0.29) is 23.6 Å². The number of aromatic nitrogens is 3. The maximum absolute atomic E-state index is 12.9. The van der Waals surface area contributed by atoms with Gasteiger partial charge in [-0.15, -0.1) is 0 Å². The fourth-order valence-electron chi connectivity index (χ4n) is 2.88. The number of hydrogen-bond donors (Lipinski definition) is 1. The van der Waals surface area contributed by atoms with E-state index in [1.165, 1.54) is 18.0 Å². The number of ether oxygens (including phenoxy) is 1. The van der Waals surface area contributed by atoms with Gasteiger partial charge in [0, 0.05) is 5.56 Å². The maximum atomic E-state index is 12.9. The van der Waals surface area contributed by atoms with Gasteiger partial charge in [0.25, 0.3) is 11.3 Å². The van der Waals surface area contributed by atoms with Crippen molar-refractivity contribution in [2.24, 2.45) is 0 Å². The lowest BCUT2D eigenvalue weighted by Crippen LogP contribution is -2.28. The number of fused-ring (bicyclic) bond motifs is 1. The van der Waals surface area contributed by atoms with E-state index in [1.807, 2.05) is 30.3 Å². The number of para-hydroxylation sites is 2. The van der Waals surface area contributed by atoms with E-state index in [2.05, 4.69) is 15.5 Å². The summed E-state index contributed by atoms with van der Waals surface area (Å²) >= 11 is 0. The molecular weight excluding hydrogens is 360 g/mol. The van der Waals surface area contributed by atoms with Crippen LogP contribution in [0.25, 0.3) is 22.4 Å². The van der Waals surface area contributed by atoms with Crippen LogP contribution in [0.4, 0.5) is 5.69 Å². The van der Waals surface area contributed by atoms with Gasteiger partial charge in [0.05, 0.1) is 12.8 Å². The van der Waals surface area contributed by atoms with Gasteiger partial charge in [-0.25, -0.2) is 4.98 Å². The van der Waals surface area contributed by atoms with Crippen molar-refractivity contribution in [3.8, 4) is 17.0 Å². The molecule has 2 aromatic carbocycles. The number of nitrogens with one attached hydrogen (secondary N) is 1. The van der Waals surface area contributed by atoms with E-state index in [1.54, 1.807) is 24.3 Å². The van der Waals surface area contributed by atoms with Gasteiger partial charge < -0.3 is 14.6 Å². The highest BCUT2D eigenvalue weighted by Gasteiger charge is 2.18. The molecule has 1 N–H and O–H groups in total. The molecule has 2 heterocycles. The molecule has 0 saturated heterocycles. The molecule has 0 spiro atoms. The van der Waals surface area contributed by atoms with Crippen LogP contribution >= 0.6 is 0 Å². The fourth-order valence-corrected chi connectivity index (χ4v) is 2.88. The number of hydrogen-bond acceptors (Lipinski definition) is 6. The predicted octanol–water partition coefficient (Wildman–Crippen LogP) is 2.70. The smallest absolute Gasteiger partial charge is 0.267 e. The van der Waals surface area contributed by atoms with Crippen molar-refractivity contribution in [3.05, 3.63) is 71.3 Å². The molecule has 0 aliphatic carbocycles. The first-order valence-electron chi connectivity index (χ1n) is 8.50. The molecule has 8 heteroatoms. The third-order valence-corrected chi connectivity index (χ3v) is 4.21. The lowest BCUT2D eigenvalue weighted by molar-refractivity contribution is -0.116. The molecule has 0 aliphatic heterocycles. The zero-order valence-electron chi connectivity index (χ0n) is 15.0. The second-order valence-electron chi connectivity index (χ2n) is 6.00. The minimum Gasteiger partial charge on any atom is -0.495 e. The van der Waals surface area contributed by atoms with Gasteiger partial charge in [0.15, 0.2) is 0 Å². The number of anilines is 1. The summed E-state index contributed by atoms with van der Waals surface area (Å²) in [5.41, 5.74) is 1.38. The van der Waals surface area contributed by atoms with Crippen LogP contribution in [0.5, 0.6) is 5.75 Å². The van der Waals surface area contributed by atoms with Crippen LogP contribution in [0.2, 0.25) is 0 Å². The summed E-state index contributed by atoms with van der Waals surface area (Å²) in [5.74, 6) is 0.146. The van der Waals surface area contributed by atoms with E-state index in [0.717, 1.165) is 5.56 Å². The molecule has 0 saturated carbocycles. The van der Waals surface area contributed by atoms with E-state index in [0.29, 0.717) is 17.1 Å². The number of carbonyl (C=O) groups is 1. The summed E-state index contributed by atoms with van der Waals surface area (Å²) in [6.07, 6.45) is 1.27. The fraction of sp³-hybridized carbons (Fsp3) is 0.100. The highest BCUT2D eigenvalue weighted by atomic mass is 16.5. The van der Waals surface area contributed by atoms with E-state index in [9.17, 15) is 9.59 Å². The minimum absolute atomic E-state index is 0.130. The minimum atomic E-state index is -0.403. The maximum Gasteiger partial charge on any atom is 0.267 e. The molecule has 28 heavy (non-hydrogen) atoms. The molecule has 4 rings (SSSR count). The van der Waals surface area contributed by atoms with Gasteiger partial charge in [0.2, 0.25) is 5.91 Å². The van der Waals surface area contributed by atoms with Crippen molar-refractivity contribution < 1.29 is 14.1 Å². The molecule has 0 aliphatic rings. The third kappa shape index (κ3) is 3.23. The summed E-state index contributed by atoms with van der Waals surface area (Å²) in [6, 6.07) is 16.2. The Hall–Kier alpha value is -3.94. The second-order valence-corrected chi connectivity index (χ2v) is 6.00. The topological polar surface area (TPSA) is 99.2 Å². The SMILES string of the molecule is COc1ccccc1NC(=O)Cn1cnc2onc(-c3ccccc3)c2c1=O. The van der Waals surface area contributed by atoms with Crippen LogP contribution in [0.1, 0.15) is 0 Å². The summed E-state index contributed by atoms with van der Waals surface area (Å²) in [6.45, 7) is -0.209. The average Bonchev–Trinajstić information content (AvgIpc) is 3.16. The number of carbonyl (C=O) groups excluding carboxylic acids is 1. The van der Waals surface area contributed by atoms with Crippen molar-refractivity contribution in [2.45, 2.75) is 6.54 Å². The number of nitrogens with zero attached hydrogens (tertiary/aromatic N) is 3. The van der Waals surface area contributed by atoms with E-state index in [4.69, 9.17) is 9.26 Å². The van der Waals surface area contributed by atoms with Crippen molar-refractivity contribution in [2.75, 3.05) is 12.4 Å². The van der Waals surface area contributed by atoms with Crippen LogP contribution in [0.3, 0.4) is 0 Å². The number of amides is 1. The zero-order valence-corrected chi connectivity index (χ0v) is 15.0. The molecule has 1 amide bonds. The molecule has 0 atom stereocenters. The van der Waals surface area contributed by atoms with Gasteiger partial charge >= 0.3 is 0 Å². The first-order valence-corrected chi connectivity index (χ1v) is 8.50. The quantitative estimate of drug-likeness (QED) is 0.575. The molecule has 0 unspecified atom stereocenters. The first kappa shape index (κ1) is 17.5. The molecule has 0 radical (unpaired) electrons. The highest BCUT2D eigenvalue weighted by molar-refractivity contribution is 5.93. The summed E-state index contributed by atoms with van der Waals surface area (Å²) in [7, 11) is 1.52. The predicted molar refractivity (Wildman–Crippen MR) is 103 cm³/mol. The Morgan fingerprint density at radius 3 is 2.68 bits per heavy atom. The Balaban J connectivity index is 1.65. The third-order valence-electron chi connectivity index (χ3n) is 4.21. The summed E-state index contributed by atoms with van der Waals surface area (Å²) in [4.78, 5) is 29.5. The lowest BCUT2D eigenvalue weighted by atomic mass is 10.1. The van der Waals surface area contributed by atoms with Crippen LogP contribution in [0, 0.1) is 0 Å². The van der Waals surface area contributed by atoms with Crippen LogP contribution in [0.15, 0.2) is 70.2 Å². The number of benzene rings is 2. The van der Waals surface area contributed by atoms with E-state index < -0.39 is 5.56 Å². The largest absolute Gasteiger partial charge is 0.495 e. The first-order chi connectivity index (χ1) is 13.7. The summed E-state index contributed by atoms with van der Waals surface area (Å²) < 4.78 is 11.6. The van der Waals surface area contributed by atoms with Crippen LogP contribution in [-0.2, 0) is 11.3 Å². The Kier molecular flexibility index (Phi) is 4.59. The van der Waals surface area contributed by atoms with Crippen molar-refractivity contribution in [3.63, 3.8) is 0 Å². The number of methoxy groups -OCH3 is 1. The molecule has 0 bridgehead atoms. The Morgan fingerprint density at radius 1 is 1.14 bits per heavy atom. The highest BCUT2D eigenvalue weighted by Crippen LogP contribution is 2.24. The van der Waals surface area contributed by atoms with Crippen LogP contribution < -0.4 is 15.6 Å². The molecule has 2 aromatic heterocycles. The van der Waals surface area contributed by atoms with Gasteiger partial charge in [-0.05, 0) is 12.1 Å². The Morgan fingerprint density at radius 2 is 1.89 bits per heavy atom. The van der Waals surface area contributed by atoms with Crippen LogP contribution in [-0.4, -0.2) is 27.7 Å². The normalized spacial score (nSPS) is 10.8. The summed E-state index contributed by atoms with van der Waals surface area (Å²) in [5, 5.41) is 6.94. The van der Waals surface area contributed by atoms with Crippen molar-refractivity contribution in [1.82, 2.24) is 14.7 Å². The molecule has 4 aromatic rings. The monoisotopic (exact) mass is 376 g/mol. The second kappa shape index (κ2) is 7.36. The van der Waals surface area contributed by atoms with Crippen molar-refractivity contribution >= 4 is 22.7 Å². The molecule has 0 fully saturated rings. The van der Waals surface area contributed by atoms with Gasteiger partial charge in [-0.3, -0.25) is 14.2 Å². The Labute approximate surface area is 159 Å². The average molecular weight is 376 g/mol. The van der Waals surface area contributed by atoms with Crippen molar-refractivity contribution in [1.29, 1.82) is 0 Å². The van der Waals surface area contributed by atoms with Gasteiger partial charge in [-0.2, -0.15) is 0 Å². The lowest BCUT2D eigenvalue weighted by Gasteiger charge is -2.10. The Bertz CT molecular complexity index is 1200. The standard InChI is InChI=1S/C20H16N4O4/c1-27-15-10-6-5-9-14(15)22-16(25)11-24-12-21-19-17(20(24)26)18(23-28-19)13-7-3-2-4-8-13/h2-10,12H,11H2,1H3,(H,22,25). The van der Waals surface area contributed by atoms with E-state index >= 15 is 0 Å². The molecule has 8 nitrogen and oxygen atoms in total. The van der Waals surface area contributed by atoms with Gasteiger partial charge in [-0.1, -0.05) is 47.6 Å². The zero-order chi connectivity index (χ0) is 19.5. The molecule has 140 valence electrons.